The van der Waals surface area contributed by atoms with Crippen LogP contribution in [0.1, 0.15) is 66.0 Å². The molecule has 0 radical (unpaired) electrons. The highest BCUT2D eigenvalue weighted by Gasteiger charge is 2.38. The van der Waals surface area contributed by atoms with Gasteiger partial charge in [-0.2, -0.15) is 13.2 Å². The zero-order valence-corrected chi connectivity index (χ0v) is 20.8. The number of hydrogen-bond acceptors (Lipinski definition) is 7. The second kappa shape index (κ2) is 11.5. The van der Waals surface area contributed by atoms with Gasteiger partial charge in [0.05, 0.1) is 11.1 Å². The molecular weight excluding hydrogens is 493 g/mol. The summed E-state index contributed by atoms with van der Waals surface area (Å²) >= 11 is 0. The monoisotopic (exact) mass is 522 g/mol. The molecule has 37 heavy (non-hydrogen) atoms. The highest BCUT2D eigenvalue weighted by atomic mass is 19.4. The maximum absolute atomic E-state index is 13.1. The van der Waals surface area contributed by atoms with E-state index in [4.69, 9.17) is 20.4 Å². The predicted molar refractivity (Wildman–Crippen MR) is 130 cm³/mol. The number of aliphatic carboxylic acids is 1. The number of esters is 1. The maximum atomic E-state index is 13.1. The Morgan fingerprint density at radius 3 is 2.00 bits per heavy atom. The van der Waals surface area contributed by atoms with Crippen LogP contribution in [0.15, 0.2) is 42.5 Å². The van der Waals surface area contributed by atoms with Crippen molar-refractivity contribution in [2.24, 2.45) is 11.7 Å². The number of carbonyl (C=O) groups excluding carboxylic acids is 3. The topological polar surface area (TPSA) is 136 Å². The fourth-order valence-electron chi connectivity index (χ4n) is 3.61. The molecule has 0 amide bonds. The molecule has 0 saturated carbocycles. The third kappa shape index (κ3) is 7.63. The van der Waals surface area contributed by atoms with Gasteiger partial charge in [-0.25, -0.2) is 4.79 Å². The van der Waals surface area contributed by atoms with Crippen molar-refractivity contribution in [3.05, 3.63) is 64.7 Å². The van der Waals surface area contributed by atoms with E-state index in [0.717, 1.165) is 0 Å². The minimum atomic E-state index is -5.08. The van der Waals surface area contributed by atoms with Crippen LogP contribution in [-0.4, -0.2) is 53.0 Å². The number of halogens is 3. The van der Waals surface area contributed by atoms with Crippen molar-refractivity contribution in [3.63, 3.8) is 0 Å². The predicted octanol–water partition coefficient (Wildman–Crippen LogP) is 4.20. The molecule has 0 spiro atoms. The van der Waals surface area contributed by atoms with Gasteiger partial charge in [-0.1, -0.05) is 50.2 Å². The summed E-state index contributed by atoms with van der Waals surface area (Å²) in [6, 6.07) is 11.3. The summed E-state index contributed by atoms with van der Waals surface area (Å²) in [5, 5.41) is 10.4. The Labute approximate surface area is 212 Å². The molecule has 4 N–H and O–H groups in total. The Bertz CT molecular complexity index is 1190. The largest absolute Gasteiger partial charge is 0.490 e. The lowest BCUT2D eigenvalue weighted by Crippen LogP contribution is -2.41. The lowest BCUT2D eigenvalue weighted by molar-refractivity contribution is -0.192. The smallest absolute Gasteiger partial charge is 0.475 e. The van der Waals surface area contributed by atoms with Gasteiger partial charge in [-0.3, -0.25) is 14.4 Å². The Balaban J connectivity index is 0.000000604. The average Bonchev–Trinajstić information content (AvgIpc) is 2.80. The van der Waals surface area contributed by atoms with Crippen LogP contribution >= 0.6 is 0 Å². The van der Waals surface area contributed by atoms with Gasteiger partial charge in [0.25, 0.3) is 0 Å². The second-order valence-electron chi connectivity index (χ2n) is 9.59. The first kappa shape index (κ1) is 29.5. The minimum absolute atomic E-state index is 0.0695. The van der Waals surface area contributed by atoms with Gasteiger partial charge in [-0.05, 0) is 32.3 Å². The fraction of sp³-hybridized carbons (Fsp3) is 0.385. The van der Waals surface area contributed by atoms with Gasteiger partial charge < -0.3 is 20.9 Å². The number of benzene rings is 2. The number of carbonyl (C=O) groups is 4. The molecule has 0 aromatic heterocycles. The fourth-order valence-corrected chi connectivity index (χ4v) is 3.61. The molecule has 3 rings (SSSR count). The number of hydrogen-bond donors (Lipinski definition) is 3. The van der Waals surface area contributed by atoms with E-state index in [2.05, 4.69) is 5.32 Å². The van der Waals surface area contributed by atoms with Gasteiger partial charge in [0.15, 0.2) is 11.6 Å². The van der Waals surface area contributed by atoms with E-state index in [-0.39, 0.29) is 18.2 Å². The summed E-state index contributed by atoms with van der Waals surface area (Å²) in [6.07, 6.45) is -4.53. The summed E-state index contributed by atoms with van der Waals surface area (Å²) < 4.78 is 37.1. The molecule has 0 saturated heterocycles. The number of ether oxygens (including phenoxy) is 1. The maximum Gasteiger partial charge on any atom is 0.490 e. The molecule has 0 unspecified atom stereocenters. The van der Waals surface area contributed by atoms with Crippen LogP contribution in [-0.2, 0) is 14.3 Å². The average molecular weight is 523 g/mol. The number of carboxylic acid groups (broad SMARTS) is 1. The first-order valence-corrected chi connectivity index (χ1v) is 11.4. The Morgan fingerprint density at radius 1 is 0.973 bits per heavy atom. The Morgan fingerprint density at radius 2 is 1.49 bits per heavy atom. The van der Waals surface area contributed by atoms with Crippen LogP contribution < -0.4 is 11.1 Å². The number of alkyl halides is 3. The number of fused-ring (bicyclic) bond motifs is 2. The molecule has 11 heteroatoms. The summed E-state index contributed by atoms with van der Waals surface area (Å²) in [4.78, 5) is 47.1. The third-order valence-electron chi connectivity index (χ3n) is 5.27. The minimum Gasteiger partial charge on any atom is -0.475 e. The van der Waals surface area contributed by atoms with Crippen molar-refractivity contribution in [2.45, 2.75) is 51.9 Å². The SMILES string of the molecule is CC(C)C[C@H](N)C(=O)OCC(C)(C)Nc1cccc2c1C(=O)c1ccccc1C2=O.O=C(O)C(F)(F)F. The lowest BCUT2D eigenvalue weighted by Gasteiger charge is -2.30. The first-order valence-electron chi connectivity index (χ1n) is 11.4. The normalized spacial score (nSPS) is 13.6. The van der Waals surface area contributed by atoms with Crippen LogP contribution in [0.3, 0.4) is 0 Å². The van der Waals surface area contributed by atoms with Gasteiger partial charge in [0.1, 0.15) is 12.6 Å². The highest BCUT2D eigenvalue weighted by molar-refractivity contribution is 6.30. The molecule has 2 aromatic carbocycles. The zero-order valence-electron chi connectivity index (χ0n) is 20.8. The molecule has 2 aromatic rings. The van der Waals surface area contributed by atoms with Gasteiger partial charge in [0, 0.05) is 22.4 Å². The molecular formula is C26H29F3N2O6. The summed E-state index contributed by atoms with van der Waals surface area (Å²) in [6.45, 7) is 7.77. The van der Waals surface area contributed by atoms with Crippen molar-refractivity contribution in [1.82, 2.24) is 0 Å². The molecule has 1 aliphatic rings. The van der Waals surface area contributed by atoms with Crippen molar-refractivity contribution in [1.29, 1.82) is 0 Å². The van der Waals surface area contributed by atoms with Gasteiger partial charge in [-0.15, -0.1) is 0 Å². The number of ketones is 2. The first-order chi connectivity index (χ1) is 17.0. The van der Waals surface area contributed by atoms with Crippen LogP contribution in [0.2, 0.25) is 0 Å². The van der Waals surface area contributed by atoms with Crippen molar-refractivity contribution < 1.29 is 42.2 Å². The van der Waals surface area contributed by atoms with Crippen LogP contribution in [0.5, 0.6) is 0 Å². The molecule has 1 atom stereocenters. The Kier molecular flexibility index (Phi) is 9.21. The van der Waals surface area contributed by atoms with Gasteiger partial charge in [0.2, 0.25) is 0 Å². The molecule has 200 valence electrons. The molecule has 1 aliphatic carbocycles. The van der Waals surface area contributed by atoms with E-state index < -0.39 is 29.7 Å². The Hall–Kier alpha value is -3.73. The molecule has 0 aliphatic heterocycles. The number of nitrogens with one attached hydrogen (secondary N) is 1. The lowest BCUT2D eigenvalue weighted by atomic mass is 9.83. The third-order valence-corrected chi connectivity index (χ3v) is 5.27. The number of carboxylic acids is 1. The summed E-state index contributed by atoms with van der Waals surface area (Å²) in [5.41, 5.74) is 7.28. The van der Waals surface area contributed by atoms with E-state index in [9.17, 15) is 27.6 Å². The summed E-state index contributed by atoms with van der Waals surface area (Å²) in [5.74, 6) is -3.29. The highest BCUT2D eigenvalue weighted by Crippen LogP contribution is 2.33. The molecule has 0 heterocycles. The molecule has 0 bridgehead atoms. The number of rotatable bonds is 7. The van der Waals surface area contributed by atoms with E-state index in [1.807, 2.05) is 27.7 Å². The standard InChI is InChI=1S/C24H28N2O4.C2HF3O2/c1-14(2)12-18(25)23(29)30-13-24(3,4)26-19-11-7-10-17-20(19)22(28)16-9-6-5-8-15(16)21(17)27;3-2(4,5)1(6)7/h5-11,14,18,26H,12-13,25H2,1-4H3;(H,6,7)/t18-;/m0./s1. The van der Waals surface area contributed by atoms with Crippen LogP contribution in [0.4, 0.5) is 18.9 Å². The van der Waals surface area contributed by atoms with Crippen LogP contribution in [0, 0.1) is 5.92 Å². The molecule has 8 nitrogen and oxygen atoms in total. The van der Waals surface area contributed by atoms with Crippen LogP contribution in [0.25, 0.3) is 0 Å². The second-order valence-corrected chi connectivity index (χ2v) is 9.59. The van der Waals surface area contributed by atoms with E-state index in [1.165, 1.54) is 0 Å². The number of anilines is 1. The van der Waals surface area contributed by atoms with Crippen molar-refractivity contribution in [2.75, 3.05) is 11.9 Å². The quantitative estimate of drug-likeness (QED) is 0.393. The van der Waals surface area contributed by atoms with E-state index in [0.29, 0.717) is 40.3 Å². The van der Waals surface area contributed by atoms with E-state index >= 15 is 0 Å². The number of nitrogens with two attached hydrogens (primary N) is 1. The molecule has 0 fully saturated rings. The van der Waals surface area contributed by atoms with Gasteiger partial charge >= 0.3 is 18.1 Å². The van der Waals surface area contributed by atoms with Crippen molar-refractivity contribution >= 4 is 29.2 Å². The summed E-state index contributed by atoms with van der Waals surface area (Å²) in [7, 11) is 0. The van der Waals surface area contributed by atoms with E-state index in [1.54, 1.807) is 42.5 Å². The van der Waals surface area contributed by atoms with Crippen molar-refractivity contribution in [3.8, 4) is 0 Å². The zero-order chi connectivity index (χ0) is 28.1.